The minimum absolute atomic E-state index is 0.585. The number of nitrogens with one attached hydrogen (secondary N) is 1. The van der Waals surface area contributed by atoms with E-state index in [0.29, 0.717) is 12.0 Å². The van der Waals surface area contributed by atoms with E-state index in [2.05, 4.69) is 44.3 Å². The molecule has 1 nitrogen and oxygen atoms in total. The van der Waals surface area contributed by atoms with Crippen LogP contribution in [0.2, 0.25) is 0 Å². The van der Waals surface area contributed by atoms with E-state index in [0.717, 1.165) is 6.42 Å². The highest BCUT2D eigenvalue weighted by atomic mass is 15.0. The van der Waals surface area contributed by atoms with Crippen LogP contribution >= 0.6 is 0 Å². The lowest BCUT2D eigenvalue weighted by Crippen LogP contribution is -2.12. The van der Waals surface area contributed by atoms with Gasteiger partial charge in [0.25, 0.3) is 0 Å². The van der Waals surface area contributed by atoms with Gasteiger partial charge in [-0.15, -0.1) is 0 Å². The summed E-state index contributed by atoms with van der Waals surface area (Å²) in [6, 6.07) is 7.36. The number of hydrogen-bond donors (Lipinski definition) is 1. The second-order valence-electron chi connectivity index (χ2n) is 4.00. The maximum atomic E-state index is 3.50. The zero-order chi connectivity index (χ0) is 9.42. The molecule has 0 aliphatic carbocycles. The first-order valence-electron chi connectivity index (χ1n) is 5.11. The molecule has 1 aliphatic rings. The van der Waals surface area contributed by atoms with Gasteiger partial charge in [-0.1, -0.05) is 26.0 Å². The molecule has 0 radical (unpaired) electrons. The lowest BCUT2D eigenvalue weighted by atomic mass is 9.96. The van der Waals surface area contributed by atoms with Crippen molar-refractivity contribution in [1.82, 2.24) is 0 Å². The summed E-state index contributed by atoms with van der Waals surface area (Å²) in [4.78, 5) is 0. The molecule has 1 heteroatoms. The monoisotopic (exact) mass is 175 g/mol. The summed E-state index contributed by atoms with van der Waals surface area (Å²) in [5.74, 6) is 0.654. The molecule has 0 spiro atoms. The van der Waals surface area contributed by atoms with E-state index in [9.17, 15) is 0 Å². The van der Waals surface area contributed by atoms with Crippen LogP contribution in [0.25, 0.3) is 0 Å². The summed E-state index contributed by atoms with van der Waals surface area (Å²) >= 11 is 0. The number of benzene rings is 1. The number of hydrogen-bond acceptors (Lipinski definition) is 1. The Bertz CT molecular complexity index is 317. The first kappa shape index (κ1) is 8.61. The third kappa shape index (κ3) is 1.32. The second kappa shape index (κ2) is 3.06. The second-order valence-corrected chi connectivity index (χ2v) is 4.00. The average molecular weight is 175 g/mol. The van der Waals surface area contributed by atoms with Gasteiger partial charge in [-0.2, -0.15) is 0 Å². The van der Waals surface area contributed by atoms with Crippen molar-refractivity contribution in [3.05, 3.63) is 29.3 Å². The Balaban J connectivity index is 2.42. The molecule has 0 saturated heterocycles. The lowest BCUT2D eigenvalue weighted by molar-refractivity contribution is 0.689. The van der Waals surface area contributed by atoms with Gasteiger partial charge in [-0.3, -0.25) is 0 Å². The molecule has 0 fully saturated rings. The van der Waals surface area contributed by atoms with Gasteiger partial charge in [0.1, 0.15) is 0 Å². The molecule has 1 heterocycles. The molecular weight excluding hydrogens is 158 g/mol. The number of anilines is 1. The van der Waals surface area contributed by atoms with Crippen molar-refractivity contribution in [3.8, 4) is 0 Å². The molecular formula is C12H17N. The lowest BCUT2D eigenvalue weighted by Gasteiger charge is -2.08. The van der Waals surface area contributed by atoms with E-state index < -0.39 is 0 Å². The number of aryl methyl sites for hydroxylation is 1. The summed E-state index contributed by atoms with van der Waals surface area (Å²) in [5, 5.41) is 3.50. The Kier molecular flexibility index (Phi) is 2.03. The normalized spacial score (nSPS) is 25.5. The Labute approximate surface area is 80.2 Å². The molecule has 0 unspecified atom stereocenters. The van der Waals surface area contributed by atoms with Crippen molar-refractivity contribution in [3.63, 3.8) is 0 Å². The summed E-state index contributed by atoms with van der Waals surface area (Å²) < 4.78 is 0. The van der Waals surface area contributed by atoms with Gasteiger partial charge >= 0.3 is 0 Å². The number of rotatable bonds is 1. The summed E-state index contributed by atoms with van der Waals surface area (Å²) in [6.45, 7) is 6.75. The molecule has 0 saturated carbocycles. The molecule has 2 rings (SSSR count). The number of fused-ring (bicyclic) bond motifs is 1. The van der Waals surface area contributed by atoms with Crippen molar-refractivity contribution >= 4 is 5.69 Å². The predicted octanol–water partition coefficient (Wildman–Crippen LogP) is 3.17. The standard InChI is InChI=1S/C12H17N/c1-4-10-5-6-12-11(7-10)8(2)9(3)13-12/h5-9,13H,4H2,1-3H3/t8-,9+/m0/s1. The minimum Gasteiger partial charge on any atom is -0.382 e. The van der Waals surface area contributed by atoms with Gasteiger partial charge in [0.2, 0.25) is 0 Å². The Hall–Kier alpha value is -0.980. The zero-order valence-corrected chi connectivity index (χ0v) is 8.59. The van der Waals surface area contributed by atoms with Crippen LogP contribution in [0, 0.1) is 0 Å². The van der Waals surface area contributed by atoms with Crippen LogP contribution in [0.4, 0.5) is 5.69 Å². The van der Waals surface area contributed by atoms with Crippen molar-refractivity contribution in [2.24, 2.45) is 0 Å². The van der Waals surface area contributed by atoms with Crippen molar-refractivity contribution < 1.29 is 0 Å². The summed E-state index contributed by atoms with van der Waals surface area (Å²) in [7, 11) is 0. The van der Waals surface area contributed by atoms with Crippen LogP contribution in [0.15, 0.2) is 18.2 Å². The summed E-state index contributed by atoms with van der Waals surface area (Å²) in [5.41, 5.74) is 4.27. The fourth-order valence-electron chi connectivity index (χ4n) is 1.98. The fraction of sp³-hybridized carbons (Fsp3) is 0.500. The zero-order valence-electron chi connectivity index (χ0n) is 8.59. The Morgan fingerprint density at radius 1 is 1.31 bits per heavy atom. The average Bonchev–Trinajstić information content (AvgIpc) is 2.43. The molecule has 1 aliphatic heterocycles. The maximum absolute atomic E-state index is 3.50. The molecule has 1 N–H and O–H groups in total. The Morgan fingerprint density at radius 2 is 2.08 bits per heavy atom. The van der Waals surface area contributed by atoms with Gasteiger partial charge in [0.05, 0.1) is 0 Å². The van der Waals surface area contributed by atoms with Crippen LogP contribution in [-0.4, -0.2) is 6.04 Å². The molecule has 70 valence electrons. The molecule has 13 heavy (non-hydrogen) atoms. The predicted molar refractivity (Wildman–Crippen MR) is 57.3 cm³/mol. The van der Waals surface area contributed by atoms with Crippen LogP contribution in [-0.2, 0) is 6.42 Å². The van der Waals surface area contributed by atoms with Crippen molar-refractivity contribution in [2.75, 3.05) is 5.32 Å². The van der Waals surface area contributed by atoms with Gasteiger partial charge in [-0.05, 0) is 30.5 Å². The smallest absolute Gasteiger partial charge is 0.0378 e. The van der Waals surface area contributed by atoms with E-state index in [1.54, 1.807) is 0 Å². The van der Waals surface area contributed by atoms with Gasteiger partial charge in [-0.25, -0.2) is 0 Å². The molecule has 0 amide bonds. The fourth-order valence-corrected chi connectivity index (χ4v) is 1.98. The molecule has 1 aromatic carbocycles. The quantitative estimate of drug-likeness (QED) is 0.691. The van der Waals surface area contributed by atoms with Crippen LogP contribution in [0.5, 0.6) is 0 Å². The van der Waals surface area contributed by atoms with Crippen molar-refractivity contribution in [2.45, 2.75) is 39.2 Å². The topological polar surface area (TPSA) is 12.0 Å². The largest absolute Gasteiger partial charge is 0.382 e. The van der Waals surface area contributed by atoms with E-state index in [1.807, 2.05) is 0 Å². The molecule has 0 aromatic heterocycles. The highest BCUT2D eigenvalue weighted by molar-refractivity contribution is 5.60. The van der Waals surface area contributed by atoms with E-state index in [-0.39, 0.29) is 0 Å². The maximum Gasteiger partial charge on any atom is 0.0378 e. The molecule has 2 atom stereocenters. The van der Waals surface area contributed by atoms with Gasteiger partial charge in [0, 0.05) is 17.6 Å². The SMILES string of the molecule is CCc1ccc2c(c1)[C@@H](C)[C@@H](C)N2. The third-order valence-electron chi connectivity index (χ3n) is 3.15. The van der Waals surface area contributed by atoms with E-state index in [4.69, 9.17) is 0 Å². The third-order valence-corrected chi connectivity index (χ3v) is 3.15. The van der Waals surface area contributed by atoms with E-state index in [1.165, 1.54) is 16.8 Å². The molecule has 1 aromatic rings. The minimum atomic E-state index is 0.585. The highest BCUT2D eigenvalue weighted by Gasteiger charge is 2.24. The first-order valence-corrected chi connectivity index (χ1v) is 5.11. The molecule has 0 bridgehead atoms. The van der Waals surface area contributed by atoms with Crippen LogP contribution in [0.1, 0.15) is 37.8 Å². The van der Waals surface area contributed by atoms with E-state index >= 15 is 0 Å². The first-order chi connectivity index (χ1) is 6.22. The van der Waals surface area contributed by atoms with Crippen molar-refractivity contribution in [1.29, 1.82) is 0 Å². The van der Waals surface area contributed by atoms with Crippen LogP contribution < -0.4 is 5.32 Å². The summed E-state index contributed by atoms with van der Waals surface area (Å²) in [6.07, 6.45) is 1.13. The van der Waals surface area contributed by atoms with Gasteiger partial charge in [0.15, 0.2) is 0 Å². The van der Waals surface area contributed by atoms with Gasteiger partial charge < -0.3 is 5.32 Å². The Morgan fingerprint density at radius 3 is 2.77 bits per heavy atom. The van der Waals surface area contributed by atoms with Crippen LogP contribution in [0.3, 0.4) is 0 Å². The highest BCUT2D eigenvalue weighted by Crippen LogP contribution is 2.35.